The van der Waals surface area contributed by atoms with Crippen LogP contribution in [0, 0.1) is 0 Å². The van der Waals surface area contributed by atoms with Crippen LogP contribution in [0.15, 0.2) is 16.6 Å². The molecule has 3 nitrogen and oxygen atoms in total. The number of hydrogen-bond donors (Lipinski definition) is 2. The fourth-order valence-corrected chi connectivity index (χ4v) is 2.25. The normalized spacial score (nSPS) is 11.0. The van der Waals surface area contributed by atoms with Crippen LogP contribution in [0.25, 0.3) is 11.0 Å². The van der Waals surface area contributed by atoms with Gasteiger partial charge in [-0.15, -0.1) is 0 Å². The van der Waals surface area contributed by atoms with Gasteiger partial charge in [0.2, 0.25) is 0 Å². The van der Waals surface area contributed by atoms with Crippen molar-refractivity contribution in [2.45, 2.75) is 5.75 Å². The fraction of sp³-hybridized carbons (Fsp3) is 0.222. The van der Waals surface area contributed by atoms with Gasteiger partial charge in [0.1, 0.15) is 11.3 Å². The highest BCUT2D eigenvalue weighted by Gasteiger charge is 2.06. The van der Waals surface area contributed by atoms with E-state index in [0.717, 1.165) is 27.1 Å². The monoisotopic (exact) mass is 271 g/mol. The van der Waals surface area contributed by atoms with Gasteiger partial charge in [-0.25, -0.2) is 4.98 Å². The topological polar surface area (TPSA) is 54.7 Å². The summed E-state index contributed by atoms with van der Waals surface area (Å²) in [5.41, 5.74) is 8.40. The number of nitrogens with one attached hydrogen (secondary N) is 1. The zero-order valence-electron chi connectivity index (χ0n) is 7.67. The molecule has 0 aliphatic carbocycles. The highest BCUT2D eigenvalue weighted by atomic mass is 79.9. The molecule has 0 spiro atoms. The van der Waals surface area contributed by atoms with Crippen molar-refractivity contribution in [1.82, 2.24) is 9.97 Å². The molecule has 0 saturated carbocycles. The van der Waals surface area contributed by atoms with Crippen molar-refractivity contribution in [3.05, 3.63) is 22.4 Å². The van der Waals surface area contributed by atoms with Crippen LogP contribution in [-0.2, 0) is 5.75 Å². The highest BCUT2D eigenvalue weighted by Crippen LogP contribution is 2.24. The van der Waals surface area contributed by atoms with E-state index in [0.29, 0.717) is 5.69 Å². The van der Waals surface area contributed by atoms with E-state index < -0.39 is 0 Å². The van der Waals surface area contributed by atoms with E-state index in [1.165, 1.54) is 0 Å². The van der Waals surface area contributed by atoms with Gasteiger partial charge >= 0.3 is 0 Å². The van der Waals surface area contributed by atoms with Crippen LogP contribution < -0.4 is 5.73 Å². The third-order valence-electron chi connectivity index (χ3n) is 1.91. The molecule has 0 bridgehead atoms. The summed E-state index contributed by atoms with van der Waals surface area (Å²) < 4.78 is 0.974. The molecular weight excluding hydrogens is 262 g/mol. The Hall–Kier alpha value is -0.680. The lowest BCUT2D eigenvalue weighted by molar-refractivity contribution is 1.14. The lowest BCUT2D eigenvalue weighted by Gasteiger charge is -1.94. The van der Waals surface area contributed by atoms with Gasteiger partial charge in [0.05, 0.1) is 17.0 Å². The number of fused-ring (bicyclic) bond motifs is 1. The first-order valence-electron chi connectivity index (χ1n) is 4.13. The molecule has 5 heteroatoms. The summed E-state index contributed by atoms with van der Waals surface area (Å²) in [4.78, 5) is 7.66. The van der Waals surface area contributed by atoms with Gasteiger partial charge in [0.15, 0.2) is 0 Å². The summed E-state index contributed by atoms with van der Waals surface area (Å²) in [5.74, 6) is 1.85. The molecule has 2 rings (SSSR count). The van der Waals surface area contributed by atoms with Crippen molar-refractivity contribution in [3.8, 4) is 0 Å². The van der Waals surface area contributed by atoms with Crippen LogP contribution in [0.3, 0.4) is 0 Å². The van der Waals surface area contributed by atoms with Gasteiger partial charge in [0.25, 0.3) is 0 Å². The summed E-state index contributed by atoms with van der Waals surface area (Å²) in [6, 6.07) is 3.86. The minimum absolute atomic E-state index is 0.706. The molecule has 74 valence electrons. The minimum atomic E-state index is 0.706. The lowest BCUT2D eigenvalue weighted by atomic mass is 10.3. The first-order valence-corrected chi connectivity index (χ1v) is 6.32. The maximum Gasteiger partial charge on any atom is 0.117 e. The van der Waals surface area contributed by atoms with Gasteiger partial charge in [0, 0.05) is 4.47 Å². The van der Waals surface area contributed by atoms with Crippen LogP contribution in [0.4, 0.5) is 5.69 Å². The molecule has 0 saturated heterocycles. The second kappa shape index (κ2) is 3.82. The highest BCUT2D eigenvalue weighted by molar-refractivity contribution is 9.10. The van der Waals surface area contributed by atoms with E-state index in [9.17, 15) is 0 Å². The van der Waals surface area contributed by atoms with Gasteiger partial charge in [-0.05, 0) is 18.4 Å². The molecule has 0 amide bonds. The number of nitrogen functional groups attached to an aromatic ring is 1. The van der Waals surface area contributed by atoms with Crippen molar-refractivity contribution in [3.63, 3.8) is 0 Å². The average Bonchev–Trinajstić information content (AvgIpc) is 2.48. The Morgan fingerprint density at radius 2 is 2.36 bits per heavy atom. The number of hydrogen-bond acceptors (Lipinski definition) is 3. The minimum Gasteiger partial charge on any atom is -0.397 e. The van der Waals surface area contributed by atoms with Crippen molar-refractivity contribution in [2.24, 2.45) is 0 Å². The maximum absolute atomic E-state index is 5.85. The Kier molecular flexibility index (Phi) is 2.69. The average molecular weight is 272 g/mol. The van der Waals surface area contributed by atoms with Gasteiger partial charge in [-0.2, -0.15) is 11.8 Å². The molecule has 0 unspecified atom stereocenters. The van der Waals surface area contributed by atoms with Crippen molar-refractivity contribution < 1.29 is 0 Å². The molecule has 1 heterocycles. The standard InChI is InChI=1S/C9H10BrN3S/c1-14-4-8-12-7-3-5(10)2-6(11)9(7)13-8/h2-3H,4,11H2,1H3,(H,12,13). The number of halogens is 1. The summed E-state index contributed by atoms with van der Waals surface area (Å²) in [5, 5.41) is 0. The molecule has 1 aromatic carbocycles. The number of aromatic amines is 1. The Morgan fingerprint density at radius 3 is 3.07 bits per heavy atom. The maximum atomic E-state index is 5.85. The van der Waals surface area contributed by atoms with Crippen LogP contribution >= 0.6 is 27.7 Å². The largest absolute Gasteiger partial charge is 0.397 e. The summed E-state index contributed by atoms with van der Waals surface area (Å²) in [7, 11) is 0. The first-order chi connectivity index (χ1) is 6.70. The molecule has 2 aromatic rings. The number of nitrogens with zero attached hydrogens (tertiary/aromatic N) is 1. The zero-order chi connectivity index (χ0) is 10.1. The van der Waals surface area contributed by atoms with Crippen LogP contribution in [0.5, 0.6) is 0 Å². The molecule has 3 N–H and O–H groups in total. The summed E-state index contributed by atoms with van der Waals surface area (Å²) in [6.07, 6.45) is 2.05. The number of imidazole rings is 1. The van der Waals surface area contributed by atoms with E-state index in [4.69, 9.17) is 5.73 Å². The van der Waals surface area contributed by atoms with E-state index in [1.54, 1.807) is 11.8 Å². The number of thioether (sulfide) groups is 1. The van der Waals surface area contributed by atoms with E-state index in [1.807, 2.05) is 18.4 Å². The first kappa shape index (κ1) is 9.86. The second-order valence-electron chi connectivity index (χ2n) is 3.01. The Labute approximate surface area is 94.6 Å². The van der Waals surface area contributed by atoms with Crippen LogP contribution in [0.1, 0.15) is 5.82 Å². The van der Waals surface area contributed by atoms with Gasteiger partial charge < -0.3 is 10.7 Å². The number of nitrogens with two attached hydrogens (primary N) is 1. The molecule has 1 aromatic heterocycles. The van der Waals surface area contributed by atoms with Gasteiger partial charge in [-0.1, -0.05) is 15.9 Å². The van der Waals surface area contributed by atoms with E-state index in [-0.39, 0.29) is 0 Å². The molecule has 0 radical (unpaired) electrons. The zero-order valence-corrected chi connectivity index (χ0v) is 10.1. The predicted molar refractivity (Wildman–Crippen MR) is 65.4 cm³/mol. The van der Waals surface area contributed by atoms with Crippen molar-refractivity contribution in [1.29, 1.82) is 0 Å². The Morgan fingerprint density at radius 1 is 1.57 bits per heavy atom. The smallest absolute Gasteiger partial charge is 0.117 e. The van der Waals surface area contributed by atoms with Crippen molar-refractivity contribution in [2.75, 3.05) is 12.0 Å². The number of H-pyrrole nitrogens is 1. The summed E-state index contributed by atoms with van der Waals surface area (Å²) in [6.45, 7) is 0. The van der Waals surface area contributed by atoms with E-state index >= 15 is 0 Å². The molecule has 0 atom stereocenters. The number of aromatic nitrogens is 2. The predicted octanol–water partition coefficient (Wildman–Crippen LogP) is 2.77. The fourth-order valence-electron chi connectivity index (χ4n) is 1.36. The number of benzene rings is 1. The van der Waals surface area contributed by atoms with Gasteiger partial charge in [-0.3, -0.25) is 0 Å². The SMILES string of the molecule is CSCc1nc2c(N)cc(Br)cc2[nH]1. The quantitative estimate of drug-likeness (QED) is 0.826. The third kappa shape index (κ3) is 1.74. The number of anilines is 1. The lowest BCUT2D eigenvalue weighted by Crippen LogP contribution is -1.86. The second-order valence-corrected chi connectivity index (χ2v) is 4.79. The molecule has 0 aliphatic heterocycles. The number of rotatable bonds is 2. The molecular formula is C9H10BrN3S. The van der Waals surface area contributed by atoms with Crippen molar-refractivity contribution >= 4 is 44.4 Å². The molecule has 0 fully saturated rings. The summed E-state index contributed by atoms with van der Waals surface area (Å²) >= 11 is 5.13. The Bertz CT molecular complexity index is 466. The Balaban J connectivity index is 2.58. The van der Waals surface area contributed by atoms with Crippen LogP contribution in [-0.4, -0.2) is 16.2 Å². The van der Waals surface area contributed by atoms with Crippen LogP contribution in [0.2, 0.25) is 0 Å². The third-order valence-corrected chi connectivity index (χ3v) is 2.93. The van der Waals surface area contributed by atoms with E-state index in [2.05, 4.69) is 25.9 Å². The molecule has 14 heavy (non-hydrogen) atoms. The molecule has 0 aliphatic rings.